The maximum Gasteiger partial charge on any atom is 0.310 e. The summed E-state index contributed by atoms with van der Waals surface area (Å²) in [4.78, 5) is 27.9. The Labute approximate surface area is 122 Å². The Hall–Kier alpha value is -2.44. The molecule has 2 unspecified atom stereocenters. The molecule has 2 atom stereocenters. The molecule has 2 heterocycles. The standard InChI is InChI=1S/C14H18N4O3/c1-4-21-14(20)9(2)10(3)16-13(19)11-8-12-15-6-5-7-18(12)17-11/h5-10H,4H2,1-3H3,(H,16,19). The molecule has 112 valence electrons. The summed E-state index contributed by atoms with van der Waals surface area (Å²) in [5, 5.41) is 6.89. The van der Waals surface area contributed by atoms with Gasteiger partial charge in [0.15, 0.2) is 11.3 Å². The molecule has 2 rings (SSSR count). The van der Waals surface area contributed by atoms with E-state index in [4.69, 9.17) is 4.74 Å². The monoisotopic (exact) mass is 290 g/mol. The summed E-state index contributed by atoms with van der Waals surface area (Å²) in [6, 6.07) is 2.97. The van der Waals surface area contributed by atoms with Crippen molar-refractivity contribution in [3.05, 3.63) is 30.2 Å². The fraction of sp³-hybridized carbons (Fsp3) is 0.429. The minimum absolute atomic E-state index is 0.261. The van der Waals surface area contributed by atoms with Crippen LogP contribution in [-0.4, -0.2) is 39.1 Å². The quantitative estimate of drug-likeness (QED) is 0.832. The Kier molecular flexibility index (Phi) is 4.52. The third-order valence-electron chi connectivity index (χ3n) is 3.24. The van der Waals surface area contributed by atoms with E-state index in [2.05, 4.69) is 15.4 Å². The minimum atomic E-state index is -0.427. The average molecular weight is 290 g/mol. The van der Waals surface area contributed by atoms with E-state index in [9.17, 15) is 9.59 Å². The van der Waals surface area contributed by atoms with Crippen LogP contribution in [0.25, 0.3) is 5.65 Å². The molecular formula is C14H18N4O3. The molecule has 0 aliphatic carbocycles. The number of carbonyl (C=O) groups is 2. The largest absolute Gasteiger partial charge is 0.466 e. The summed E-state index contributed by atoms with van der Waals surface area (Å²) in [6.45, 7) is 5.54. The van der Waals surface area contributed by atoms with Gasteiger partial charge in [0.25, 0.3) is 5.91 Å². The molecule has 0 saturated carbocycles. The lowest BCUT2D eigenvalue weighted by Gasteiger charge is -2.19. The van der Waals surface area contributed by atoms with Crippen LogP contribution in [-0.2, 0) is 9.53 Å². The van der Waals surface area contributed by atoms with E-state index in [1.54, 1.807) is 45.3 Å². The van der Waals surface area contributed by atoms with Crippen molar-refractivity contribution in [2.45, 2.75) is 26.8 Å². The summed E-state index contributed by atoms with van der Waals surface area (Å²) in [5.74, 6) is -1.10. The van der Waals surface area contributed by atoms with Gasteiger partial charge in [-0.3, -0.25) is 9.59 Å². The van der Waals surface area contributed by atoms with Crippen molar-refractivity contribution in [2.24, 2.45) is 5.92 Å². The number of nitrogens with one attached hydrogen (secondary N) is 1. The molecule has 2 aromatic rings. The second-order valence-corrected chi connectivity index (χ2v) is 4.75. The first kappa shape index (κ1) is 15.0. The fourth-order valence-corrected chi connectivity index (χ4v) is 1.82. The number of aromatic nitrogens is 3. The summed E-state index contributed by atoms with van der Waals surface area (Å²) in [6.07, 6.45) is 3.34. The van der Waals surface area contributed by atoms with E-state index >= 15 is 0 Å². The van der Waals surface area contributed by atoms with Crippen LogP contribution in [0.3, 0.4) is 0 Å². The third kappa shape index (κ3) is 3.36. The zero-order valence-corrected chi connectivity index (χ0v) is 12.2. The minimum Gasteiger partial charge on any atom is -0.466 e. The van der Waals surface area contributed by atoms with Crippen molar-refractivity contribution in [2.75, 3.05) is 6.61 Å². The molecule has 0 spiro atoms. The van der Waals surface area contributed by atoms with Gasteiger partial charge in [-0.1, -0.05) is 0 Å². The lowest BCUT2D eigenvalue weighted by atomic mass is 10.0. The lowest BCUT2D eigenvalue weighted by Crippen LogP contribution is -2.40. The number of esters is 1. The van der Waals surface area contributed by atoms with Crippen LogP contribution in [0.15, 0.2) is 24.5 Å². The van der Waals surface area contributed by atoms with Gasteiger partial charge in [-0.2, -0.15) is 5.10 Å². The van der Waals surface area contributed by atoms with Gasteiger partial charge in [0.2, 0.25) is 0 Å². The Morgan fingerprint density at radius 1 is 1.43 bits per heavy atom. The number of nitrogens with zero attached hydrogens (tertiary/aromatic N) is 3. The molecule has 2 aromatic heterocycles. The molecule has 7 heteroatoms. The van der Waals surface area contributed by atoms with Gasteiger partial charge >= 0.3 is 5.97 Å². The molecule has 0 bridgehead atoms. The van der Waals surface area contributed by atoms with E-state index in [-0.39, 0.29) is 23.6 Å². The highest BCUT2D eigenvalue weighted by atomic mass is 16.5. The van der Waals surface area contributed by atoms with E-state index in [0.717, 1.165) is 0 Å². The van der Waals surface area contributed by atoms with Crippen LogP contribution in [0.4, 0.5) is 0 Å². The normalized spacial score (nSPS) is 13.7. The number of carbonyl (C=O) groups excluding carboxylic acids is 2. The Morgan fingerprint density at radius 2 is 2.19 bits per heavy atom. The van der Waals surface area contributed by atoms with E-state index in [1.165, 1.54) is 4.52 Å². The highest BCUT2D eigenvalue weighted by Crippen LogP contribution is 2.08. The fourth-order valence-electron chi connectivity index (χ4n) is 1.82. The van der Waals surface area contributed by atoms with Crippen LogP contribution in [0.1, 0.15) is 31.3 Å². The van der Waals surface area contributed by atoms with Gasteiger partial charge in [-0.25, -0.2) is 9.50 Å². The first-order chi connectivity index (χ1) is 10.0. The van der Waals surface area contributed by atoms with Crippen LogP contribution in [0, 0.1) is 5.92 Å². The van der Waals surface area contributed by atoms with Gasteiger partial charge in [-0.15, -0.1) is 0 Å². The third-order valence-corrected chi connectivity index (χ3v) is 3.24. The summed E-state index contributed by atoms with van der Waals surface area (Å²) < 4.78 is 6.46. The molecule has 1 amide bonds. The van der Waals surface area contributed by atoms with Gasteiger partial charge in [-0.05, 0) is 26.8 Å². The summed E-state index contributed by atoms with van der Waals surface area (Å²) >= 11 is 0. The van der Waals surface area contributed by atoms with Crippen molar-refractivity contribution >= 4 is 17.5 Å². The van der Waals surface area contributed by atoms with Crippen LogP contribution in [0.2, 0.25) is 0 Å². The van der Waals surface area contributed by atoms with Gasteiger partial charge < -0.3 is 10.1 Å². The van der Waals surface area contributed by atoms with Gasteiger partial charge in [0.1, 0.15) is 0 Å². The molecule has 0 saturated heterocycles. The molecule has 0 aromatic carbocycles. The van der Waals surface area contributed by atoms with Gasteiger partial charge in [0.05, 0.1) is 12.5 Å². The zero-order chi connectivity index (χ0) is 15.4. The predicted octanol–water partition coefficient (Wildman–Crippen LogP) is 1.05. The maximum atomic E-state index is 12.1. The molecular weight excluding hydrogens is 272 g/mol. The Balaban J connectivity index is 2.05. The highest BCUT2D eigenvalue weighted by molar-refractivity contribution is 5.93. The van der Waals surface area contributed by atoms with Crippen molar-refractivity contribution in [3.63, 3.8) is 0 Å². The van der Waals surface area contributed by atoms with Crippen molar-refractivity contribution in [3.8, 4) is 0 Å². The molecule has 0 aliphatic heterocycles. The van der Waals surface area contributed by atoms with Crippen molar-refractivity contribution in [1.29, 1.82) is 0 Å². The predicted molar refractivity (Wildman–Crippen MR) is 75.7 cm³/mol. The maximum absolute atomic E-state index is 12.1. The number of rotatable bonds is 5. The van der Waals surface area contributed by atoms with E-state index in [1.807, 2.05) is 0 Å². The molecule has 21 heavy (non-hydrogen) atoms. The number of fused-ring (bicyclic) bond motifs is 1. The number of amides is 1. The van der Waals surface area contributed by atoms with Crippen LogP contribution < -0.4 is 5.32 Å². The molecule has 0 aliphatic rings. The number of hydrogen-bond donors (Lipinski definition) is 1. The molecule has 0 radical (unpaired) electrons. The Morgan fingerprint density at radius 3 is 2.86 bits per heavy atom. The first-order valence-electron chi connectivity index (χ1n) is 6.80. The number of hydrogen-bond acceptors (Lipinski definition) is 5. The van der Waals surface area contributed by atoms with Crippen molar-refractivity contribution in [1.82, 2.24) is 19.9 Å². The molecule has 1 N–H and O–H groups in total. The summed E-state index contributed by atoms with van der Waals surface area (Å²) in [7, 11) is 0. The van der Waals surface area contributed by atoms with E-state index in [0.29, 0.717) is 12.3 Å². The lowest BCUT2D eigenvalue weighted by molar-refractivity contribution is -0.148. The number of ether oxygens (including phenoxy) is 1. The van der Waals surface area contributed by atoms with Crippen molar-refractivity contribution < 1.29 is 14.3 Å². The molecule has 0 fully saturated rings. The smallest absolute Gasteiger partial charge is 0.310 e. The highest BCUT2D eigenvalue weighted by Gasteiger charge is 2.24. The zero-order valence-electron chi connectivity index (χ0n) is 12.2. The second kappa shape index (κ2) is 6.34. The molecule has 7 nitrogen and oxygen atoms in total. The first-order valence-corrected chi connectivity index (χ1v) is 6.80. The summed E-state index contributed by atoms with van der Waals surface area (Å²) in [5.41, 5.74) is 0.852. The van der Waals surface area contributed by atoms with Crippen LogP contribution in [0.5, 0.6) is 0 Å². The van der Waals surface area contributed by atoms with E-state index < -0.39 is 5.92 Å². The topological polar surface area (TPSA) is 85.6 Å². The van der Waals surface area contributed by atoms with Crippen LogP contribution >= 0.6 is 0 Å². The Bertz CT molecular complexity index is 619. The van der Waals surface area contributed by atoms with Gasteiger partial charge in [0, 0.05) is 24.5 Å². The SMILES string of the molecule is CCOC(=O)C(C)C(C)NC(=O)c1cc2ncccn2n1. The second-order valence-electron chi connectivity index (χ2n) is 4.75. The average Bonchev–Trinajstić information content (AvgIpc) is 2.90.